The molecule has 35 heavy (non-hydrogen) atoms. The molecule has 0 bridgehead atoms. The largest absolute Gasteiger partial charge is 0.516 e. The number of pyridine rings is 1. The van der Waals surface area contributed by atoms with E-state index in [2.05, 4.69) is 20.4 Å². The highest BCUT2D eigenvalue weighted by atomic mass is 35.5. The van der Waals surface area contributed by atoms with Gasteiger partial charge in [0.25, 0.3) is 5.91 Å². The molecule has 1 aromatic carbocycles. The third-order valence-corrected chi connectivity index (χ3v) is 6.82. The molecule has 0 saturated carbocycles. The molecule has 0 aliphatic rings. The molecule has 3 rings (SSSR count). The zero-order valence-electron chi connectivity index (χ0n) is 17.8. The number of nitrogens with one attached hydrogen (secondary N) is 2. The fourth-order valence-corrected chi connectivity index (χ4v) is 4.29. The molecule has 0 spiro atoms. The van der Waals surface area contributed by atoms with Crippen molar-refractivity contribution in [2.75, 3.05) is 11.0 Å². The number of sulfone groups is 1. The van der Waals surface area contributed by atoms with E-state index < -0.39 is 43.0 Å². The van der Waals surface area contributed by atoms with E-state index >= 15 is 0 Å². The van der Waals surface area contributed by atoms with Crippen molar-refractivity contribution in [1.29, 1.82) is 0 Å². The number of carbonyl (C=O) groups is 1. The smallest absolute Gasteiger partial charge is 0.342 e. The number of hydrogen-bond donors (Lipinski definition) is 2. The Hall–Kier alpha value is -3.24. The topological polar surface area (TPSA) is 153 Å². The van der Waals surface area contributed by atoms with E-state index in [-0.39, 0.29) is 27.1 Å². The molecule has 11 nitrogen and oxygen atoms in total. The molecule has 188 valence electrons. The molecule has 1 atom stereocenters. The fourth-order valence-electron chi connectivity index (χ4n) is 2.76. The first-order chi connectivity index (χ1) is 16.1. The summed E-state index contributed by atoms with van der Waals surface area (Å²) in [6.45, 7) is 1.55. The van der Waals surface area contributed by atoms with Gasteiger partial charge >= 0.3 is 15.5 Å². The van der Waals surface area contributed by atoms with Gasteiger partial charge in [-0.15, -0.1) is 0 Å². The van der Waals surface area contributed by atoms with E-state index in [1.54, 1.807) is 6.92 Å². The summed E-state index contributed by atoms with van der Waals surface area (Å²) in [5.41, 5.74) is -5.95. The van der Waals surface area contributed by atoms with Gasteiger partial charge in [0.1, 0.15) is 6.33 Å². The van der Waals surface area contributed by atoms with Crippen LogP contribution in [0.2, 0.25) is 5.02 Å². The van der Waals surface area contributed by atoms with Crippen molar-refractivity contribution in [3.8, 4) is 5.82 Å². The second-order valence-corrected chi connectivity index (χ2v) is 11.3. The SMILES string of the molecule is C[C@@H](NC(=O)c1cc(Cl)cc(S(C)(=O)=O)c1)c1ncnn1-c1ccc(NS(=O)(=O)C(F)(F)F)cn1. The van der Waals surface area contributed by atoms with Crippen molar-refractivity contribution in [1.82, 2.24) is 25.1 Å². The van der Waals surface area contributed by atoms with Crippen LogP contribution >= 0.6 is 11.6 Å². The average molecular weight is 553 g/mol. The summed E-state index contributed by atoms with van der Waals surface area (Å²) >= 11 is 5.93. The summed E-state index contributed by atoms with van der Waals surface area (Å²) in [5, 5.41) is 6.62. The summed E-state index contributed by atoms with van der Waals surface area (Å²) in [4.78, 5) is 20.5. The van der Waals surface area contributed by atoms with Crippen LogP contribution in [0.25, 0.3) is 5.82 Å². The summed E-state index contributed by atoms with van der Waals surface area (Å²) in [7, 11) is -9.24. The molecular formula is C18H16ClF3N6O5S2. The van der Waals surface area contributed by atoms with Crippen LogP contribution in [0.4, 0.5) is 18.9 Å². The first kappa shape index (κ1) is 26.4. The highest BCUT2D eigenvalue weighted by Crippen LogP contribution is 2.25. The molecule has 0 aliphatic heterocycles. The van der Waals surface area contributed by atoms with Gasteiger partial charge in [0.15, 0.2) is 21.5 Å². The number of carbonyl (C=O) groups excluding carboxylic acids is 1. The summed E-state index contributed by atoms with van der Waals surface area (Å²) in [6, 6.07) is 5.09. The van der Waals surface area contributed by atoms with E-state index in [1.807, 2.05) is 0 Å². The van der Waals surface area contributed by atoms with Crippen LogP contribution < -0.4 is 10.0 Å². The number of halogens is 4. The number of aromatic nitrogens is 4. The normalized spacial score (nSPS) is 13.3. The Labute approximate surface area is 202 Å². The van der Waals surface area contributed by atoms with E-state index in [0.29, 0.717) is 0 Å². The molecule has 1 amide bonds. The van der Waals surface area contributed by atoms with Crippen LogP contribution in [0.3, 0.4) is 0 Å². The third-order valence-electron chi connectivity index (χ3n) is 4.39. The van der Waals surface area contributed by atoms with Gasteiger partial charge in [0.2, 0.25) is 0 Å². The number of nitrogens with zero attached hydrogens (tertiary/aromatic N) is 4. The minimum atomic E-state index is -5.61. The quantitative estimate of drug-likeness (QED) is 0.453. The Morgan fingerprint density at radius 2 is 1.80 bits per heavy atom. The highest BCUT2D eigenvalue weighted by Gasteiger charge is 2.46. The van der Waals surface area contributed by atoms with E-state index in [0.717, 1.165) is 30.9 Å². The van der Waals surface area contributed by atoms with Gasteiger partial charge in [0.05, 0.1) is 22.8 Å². The molecule has 0 fully saturated rings. The lowest BCUT2D eigenvalue weighted by Crippen LogP contribution is -2.30. The van der Waals surface area contributed by atoms with Gasteiger partial charge in [-0.2, -0.15) is 31.4 Å². The van der Waals surface area contributed by atoms with Crippen molar-refractivity contribution >= 4 is 43.1 Å². The molecule has 3 aromatic rings. The first-order valence-electron chi connectivity index (χ1n) is 9.35. The van der Waals surface area contributed by atoms with Crippen molar-refractivity contribution < 1.29 is 34.8 Å². The van der Waals surface area contributed by atoms with Crippen molar-refractivity contribution in [3.63, 3.8) is 0 Å². The lowest BCUT2D eigenvalue weighted by atomic mass is 10.2. The number of hydrogen-bond acceptors (Lipinski definition) is 8. The Morgan fingerprint density at radius 3 is 2.37 bits per heavy atom. The number of rotatable bonds is 7. The molecule has 0 unspecified atom stereocenters. The number of sulfonamides is 1. The third kappa shape index (κ3) is 6.07. The van der Waals surface area contributed by atoms with Crippen molar-refractivity contribution in [2.24, 2.45) is 0 Å². The van der Waals surface area contributed by atoms with E-state index in [1.165, 1.54) is 27.6 Å². The molecular weight excluding hydrogens is 537 g/mol. The van der Waals surface area contributed by atoms with Crippen LogP contribution in [0, 0.1) is 0 Å². The van der Waals surface area contributed by atoms with Gasteiger partial charge in [-0.05, 0) is 37.3 Å². The molecule has 2 aromatic heterocycles. The number of anilines is 1. The molecule has 2 heterocycles. The fraction of sp³-hybridized carbons (Fsp3) is 0.222. The second kappa shape index (κ2) is 9.43. The van der Waals surface area contributed by atoms with Crippen molar-refractivity contribution in [2.45, 2.75) is 23.4 Å². The predicted molar refractivity (Wildman–Crippen MR) is 118 cm³/mol. The number of benzene rings is 1. The van der Waals surface area contributed by atoms with Crippen LogP contribution in [-0.4, -0.2) is 54.3 Å². The maximum Gasteiger partial charge on any atom is 0.516 e. The van der Waals surface area contributed by atoms with E-state index in [4.69, 9.17) is 11.6 Å². The zero-order chi connectivity index (χ0) is 26.2. The molecule has 0 radical (unpaired) electrons. The Kier molecular flexibility index (Phi) is 7.10. The minimum Gasteiger partial charge on any atom is -0.342 e. The zero-order valence-corrected chi connectivity index (χ0v) is 20.2. The minimum absolute atomic E-state index is 0.0183. The number of amides is 1. The average Bonchev–Trinajstić information content (AvgIpc) is 3.22. The Bertz CT molecular complexity index is 1470. The van der Waals surface area contributed by atoms with Crippen LogP contribution in [-0.2, 0) is 19.9 Å². The molecule has 0 saturated heterocycles. The first-order valence-corrected chi connectivity index (χ1v) is 13.1. The van der Waals surface area contributed by atoms with Gasteiger partial charge in [-0.25, -0.2) is 18.4 Å². The van der Waals surface area contributed by atoms with E-state index in [9.17, 15) is 34.8 Å². The molecule has 2 N–H and O–H groups in total. The molecule has 0 aliphatic carbocycles. The standard InChI is InChI=1S/C18H16ClF3N6O5S2/c1-10(26-17(29)11-5-12(19)7-14(6-11)34(2,30)31)16-24-9-25-28(16)15-4-3-13(8-23-15)27-35(32,33)18(20,21)22/h3-10,27H,1-2H3,(H,26,29)/t10-/m1/s1. The predicted octanol–water partition coefficient (Wildman–Crippen LogP) is 2.47. The lowest BCUT2D eigenvalue weighted by Gasteiger charge is -2.15. The lowest BCUT2D eigenvalue weighted by molar-refractivity contribution is -0.0429. The second-order valence-electron chi connectivity index (χ2n) is 7.13. The summed E-state index contributed by atoms with van der Waals surface area (Å²) in [5.74, 6) is -0.431. The maximum atomic E-state index is 12.7. The van der Waals surface area contributed by atoms with Gasteiger partial charge in [0, 0.05) is 16.8 Å². The molecule has 17 heteroatoms. The Morgan fingerprint density at radius 1 is 1.11 bits per heavy atom. The van der Waals surface area contributed by atoms with Gasteiger partial charge in [-0.1, -0.05) is 11.6 Å². The van der Waals surface area contributed by atoms with Crippen LogP contribution in [0.5, 0.6) is 0 Å². The monoisotopic (exact) mass is 552 g/mol. The van der Waals surface area contributed by atoms with Crippen LogP contribution in [0.15, 0.2) is 47.8 Å². The van der Waals surface area contributed by atoms with Gasteiger partial charge < -0.3 is 5.32 Å². The highest BCUT2D eigenvalue weighted by molar-refractivity contribution is 7.93. The van der Waals surface area contributed by atoms with Crippen LogP contribution in [0.1, 0.15) is 29.1 Å². The van der Waals surface area contributed by atoms with Crippen molar-refractivity contribution in [3.05, 3.63) is 59.3 Å². The summed E-state index contributed by atoms with van der Waals surface area (Å²) < 4.78 is 86.2. The maximum absolute atomic E-state index is 12.7. The summed E-state index contributed by atoms with van der Waals surface area (Å²) in [6.07, 6.45) is 2.96. The van der Waals surface area contributed by atoms with Gasteiger partial charge in [-0.3, -0.25) is 9.52 Å². The Balaban J connectivity index is 1.81. The number of alkyl halides is 3.